The van der Waals surface area contributed by atoms with Gasteiger partial charge >= 0.3 is 0 Å². The third-order valence-electron chi connectivity index (χ3n) is 8.63. The number of amides is 1. The van der Waals surface area contributed by atoms with Crippen LogP contribution in [0.4, 0.5) is 0 Å². The van der Waals surface area contributed by atoms with E-state index in [1.807, 2.05) is 11.8 Å². The smallest absolute Gasteiger partial charge is 0.222 e. The highest BCUT2D eigenvalue weighted by molar-refractivity contribution is 5.88. The lowest BCUT2D eigenvalue weighted by molar-refractivity contribution is -0.132. The number of hydrogen-bond donors (Lipinski definition) is 1. The summed E-state index contributed by atoms with van der Waals surface area (Å²) in [6, 6.07) is 6.34. The Morgan fingerprint density at radius 3 is 2.62 bits per heavy atom. The fourth-order valence-electron chi connectivity index (χ4n) is 6.73. The van der Waals surface area contributed by atoms with Crippen LogP contribution in [0.5, 0.6) is 5.75 Å². The van der Waals surface area contributed by atoms with Gasteiger partial charge in [-0.25, -0.2) is 0 Å². The van der Waals surface area contributed by atoms with Crippen LogP contribution in [0.15, 0.2) is 18.2 Å². The largest absolute Gasteiger partial charge is 0.497 e. The molecule has 3 aliphatic rings. The predicted molar refractivity (Wildman–Crippen MR) is 132 cm³/mol. The van der Waals surface area contributed by atoms with Crippen LogP contribution in [0, 0.1) is 5.92 Å². The number of benzene rings is 1. The Bertz CT molecular complexity index is 1030. The van der Waals surface area contributed by atoms with E-state index in [9.17, 15) is 9.90 Å². The van der Waals surface area contributed by atoms with Gasteiger partial charge in [-0.2, -0.15) is 0 Å². The van der Waals surface area contributed by atoms with Gasteiger partial charge in [-0.05, 0) is 49.3 Å². The van der Waals surface area contributed by atoms with Gasteiger partial charge in [0.1, 0.15) is 5.75 Å². The molecule has 1 aromatic carbocycles. The summed E-state index contributed by atoms with van der Waals surface area (Å²) in [5, 5.41) is 11.9. The zero-order chi connectivity index (χ0) is 23.9. The lowest BCUT2D eigenvalue weighted by Gasteiger charge is -2.51. The van der Waals surface area contributed by atoms with E-state index in [0.717, 1.165) is 76.3 Å². The first kappa shape index (κ1) is 23.6. The number of fused-ring (bicyclic) bond motifs is 4. The molecule has 0 saturated carbocycles. The minimum atomic E-state index is -0.0258. The number of aromatic nitrogens is 1. The van der Waals surface area contributed by atoms with Crippen molar-refractivity contribution >= 4 is 16.8 Å². The van der Waals surface area contributed by atoms with Gasteiger partial charge in [0, 0.05) is 75.4 Å². The number of carbonyl (C=O) groups is 1. The Morgan fingerprint density at radius 1 is 1.24 bits per heavy atom. The molecule has 34 heavy (non-hydrogen) atoms. The maximum Gasteiger partial charge on any atom is 0.222 e. The molecule has 7 heteroatoms. The van der Waals surface area contributed by atoms with Crippen LogP contribution < -0.4 is 4.74 Å². The molecule has 5 rings (SSSR count). The lowest BCUT2D eigenvalue weighted by atomic mass is 9.68. The number of ether oxygens (including phenoxy) is 2. The van der Waals surface area contributed by atoms with Crippen LogP contribution in [-0.2, 0) is 22.0 Å². The summed E-state index contributed by atoms with van der Waals surface area (Å²) in [6.45, 7) is 7.24. The molecule has 2 aromatic rings. The second-order valence-corrected chi connectivity index (χ2v) is 10.4. The molecule has 0 aliphatic carbocycles. The van der Waals surface area contributed by atoms with Crippen LogP contribution in [-0.4, -0.2) is 78.5 Å². The average Bonchev–Trinajstić information content (AvgIpc) is 3.17. The highest BCUT2D eigenvalue weighted by Gasteiger charge is 2.48. The quantitative estimate of drug-likeness (QED) is 0.728. The van der Waals surface area contributed by atoms with Crippen molar-refractivity contribution in [3.63, 3.8) is 0 Å². The molecule has 0 unspecified atom stereocenters. The number of aliphatic hydroxyl groups excluding tert-OH is 1. The summed E-state index contributed by atoms with van der Waals surface area (Å²) in [5.41, 5.74) is 3.75. The Balaban J connectivity index is 1.60. The zero-order valence-electron chi connectivity index (χ0n) is 20.9. The van der Waals surface area contributed by atoms with Crippen LogP contribution in [0.2, 0.25) is 0 Å². The van der Waals surface area contributed by atoms with Crippen molar-refractivity contribution in [2.75, 3.05) is 53.1 Å². The molecule has 1 amide bonds. The zero-order valence-corrected chi connectivity index (χ0v) is 20.9. The topological polar surface area (TPSA) is 67.2 Å². The van der Waals surface area contributed by atoms with Gasteiger partial charge in [-0.3, -0.25) is 9.69 Å². The first-order valence-corrected chi connectivity index (χ1v) is 12.9. The number of aliphatic hydroxyl groups is 1. The van der Waals surface area contributed by atoms with Crippen molar-refractivity contribution in [1.82, 2.24) is 14.4 Å². The number of piperidine rings is 1. The number of aryl methyl sites for hydroxylation is 1. The molecule has 1 spiro atoms. The highest BCUT2D eigenvalue weighted by atomic mass is 16.5. The summed E-state index contributed by atoms with van der Waals surface area (Å²) >= 11 is 0. The van der Waals surface area contributed by atoms with Crippen molar-refractivity contribution in [2.45, 2.75) is 50.5 Å². The molecule has 1 N–H and O–H groups in total. The van der Waals surface area contributed by atoms with Gasteiger partial charge in [-0.15, -0.1) is 0 Å². The van der Waals surface area contributed by atoms with Crippen LogP contribution in [0.3, 0.4) is 0 Å². The number of rotatable bonds is 5. The first-order chi connectivity index (χ1) is 16.5. The van der Waals surface area contributed by atoms with Crippen LogP contribution in [0.25, 0.3) is 10.9 Å². The van der Waals surface area contributed by atoms with Crippen molar-refractivity contribution < 1.29 is 19.4 Å². The molecule has 1 aromatic heterocycles. The molecule has 1 atom stereocenters. The Kier molecular flexibility index (Phi) is 6.62. The normalized spacial score (nSPS) is 23.4. The maximum atomic E-state index is 12.4. The Morgan fingerprint density at radius 2 is 1.97 bits per heavy atom. The Labute approximate surface area is 202 Å². The van der Waals surface area contributed by atoms with Gasteiger partial charge < -0.3 is 24.0 Å². The molecule has 3 aliphatic heterocycles. The highest BCUT2D eigenvalue weighted by Crippen LogP contribution is 2.50. The number of carbonyl (C=O) groups excluding carboxylic acids is 1. The summed E-state index contributed by atoms with van der Waals surface area (Å²) in [6.07, 6.45) is 4.65. The van der Waals surface area contributed by atoms with Crippen LogP contribution in [0.1, 0.15) is 56.3 Å². The second-order valence-electron chi connectivity index (χ2n) is 10.4. The predicted octanol–water partition coefficient (Wildman–Crippen LogP) is 3.23. The number of likely N-dealkylation sites (tertiary alicyclic amines) is 1. The molecule has 0 bridgehead atoms. The molecule has 2 saturated heterocycles. The second kappa shape index (κ2) is 9.51. The minimum Gasteiger partial charge on any atom is -0.497 e. The van der Waals surface area contributed by atoms with Crippen molar-refractivity contribution in [1.29, 1.82) is 0 Å². The molecule has 2 fully saturated rings. The summed E-state index contributed by atoms with van der Waals surface area (Å²) in [5.74, 6) is 1.70. The monoisotopic (exact) mass is 469 g/mol. The van der Waals surface area contributed by atoms with E-state index in [-0.39, 0.29) is 24.0 Å². The van der Waals surface area contributed by atoms with Crippen molar-refractivity contribution in [3.8, 4) is 5.75 Å². The SMILES string of the molecule is CCC(=O)N1CCC2(CC1)CN(CC1CCOCC1)[C@H](CO)c1c2c2ccc(OC)cc2n1C. The fraction of sp³-hybridized carbons (Fsp3) is 0.667. The fourth-order valence-corrected chi connectivity index (χ4v) is 6.73. The standard InChI is InChI=1S/C27H39N3O4/c1-4-24(32)29-11-9-27(10-12-29)18-30(16-19-7-13-34-14-8-19)23(17-31)26-25(27)21-6-5-20(33-3)15-22(21)28(26)2/h5-6,15,19,23,31H,4,7-14,16-18H2,1-3H3/t23-/m1/s1. The third kappa shape index (κ3) is 3.91. The van der Waals surface area contributed by atoms with Gasteiger partial charge in [0.25, 0.3) is 0 Å². The number of nitrogens with zero attached hydrogens (tertiary/aromatic N) is 3. The molecular weight excluding hydrogens is 430 g/mol. The maximum absolute atomic E-state index is 12.4. The summed E-state index contributed by atoms with van der Waals surface area (Å²) in [4.78, 5) is 17.0. The van der Waals surface area contributed by atoms with E-state index in [1.54, 1.807) is 7.11 Å². The molecule has 0 radical (unpaired) electrons. The van der Waals surface area contributed by atoms with Crippen molar-refractivity contribution in [2.24, 2.45) is 13.0 Å². The van der Waals surface area contributed by atoms with E-state index in [2.05, 4.69) is 34.7 Å². The van der Waals surface area contributed by atoms with Gasteiger partial charge in [0.05, 0.1) is 25.3 Å². The Hall–Kier alpha value is -2.09. The van der Waals surface area contributed by atoms with Crippen molar-refractivity contribution in [3.05, 3.63) is 29.5 Å². The summed E-state index contributed by atoms with van der Waals surface area (Å²) < 4.78 is 13.4. The lowest BCUT2D eigenvalue weighted by Crippen LogP contribution is -2.55. The first-order valence-electron chi connectivity index (χ1n) is 12.9. The van der Waals surface area contributed by atoms with E-state index < -0.39 is 0 Å². The number of methoxy groups -OCH3 is 1. The molecule has 4 heterocycles. The summed E-state index contributed by atoms with van der Waals surface area (Å²) in [7, 11) is 3.84. The van der Waals surface area contributed by atoms with Gasteiger partial charge in [-0.1, -0.05) is 6.92 Å². The van der Waals surface area contributed by atoms with E-state index in [1.165, 1.54) is 16.6 Å². The van der Waals surface area contributed by atoms with Crippen LogP contribution >= 0.6 is 0 Å². The third-order valence-corrected chi connectivity index (χ3v) is 8.63. The van der Waals surface area contributed by atoms with E-state index in [0.29, 0.717) is 12.3 Å². The molecular formula is C27H39N3O4. The minimum absolute atomic E-state index is 0.0230. The van der Waals surface area contributed by atoms with E-state index in [4.69, 9.17) is 9.47 Å². The van der Waals surface area contributed by atoms with Gasteiger partial charge in [0.2, 0.25) is 5.91 Å². The average molecular weight is 470 g/mol. The molecule has 186 valence electrons. The molecule has 7 nitrogen and oxygen atoms in total. The van der Waals surface area contributed by atoms with E-state index >= 15 is 0 Å². The number of hydrogen-bond acceptors (Lipinski definition) is 5. The van der Waals surface area contributed by atoms with Gasteiger partial charge in [0.15, 0.2) is 0 Å².